The molecule has 1 aliphatic rings. The Labute approximate surface area is 183 Å². The van der Waals surface area contributed by atoms with Gasteiger partial charge in [0.15, 0.2) is 5.96 Å². The first-order valence-electron chi connectivity index (χ1n) is 9.76. The number of nitrogens with one attached hydrogen (secondary N) is 2. The topological polar surface area (TPSA) is 62.7 Å². The smallest absolute Gasteiger partial charge is 0.191 e. The molecule has 2 rings (SSSR count). The number of ether oxygens (including phenoxy) is 1. The fourth-order valence-electron chi connectivity index (χ4n) is 3.25. The Kier molecular flexibility index (Phi) is 12.0. The summed E-state index contributed by atoms with van der Waals surface area (Å²) in [5.41, 5.74) is 0. The molecule has 4 atom stereocenters. The number of para-hydroxylation sites is 1. The standard InChI is InChI=1S/C20H33N3O2S.HI/c1-4-21-20(22-15-16(3)25-18-11-7-6-8-12-18)23-17-10-9-13-19(14-17)26(24)5-2;/h6-8,11-12,16-17,19H,4-5,9-10,13-15H2,1-3H3,(H2,21,22,23);1H. The van der Waals surface area contributed by atoms with Crippen LogP contribution in [0.15, 0.2) is 35.3 Å². The van der Waals surface area contributed by atoms with Crippen LogP contribution in [-0.2, 0) is 10.8 Å². The third kappa shape index (κ3) is 8.81. The molecule has 1 aliphatic carbocycles. The highest BCUT2D eigenvalue weighted by molar-refractivity contribution is 14.0. The Balaban J connectivity index is 0.00000364. The lowest BCUT2D eigenvalue weighted by molar-refractivity contribution is 0.230. The molecule has 0 heterocycles. The third-order valence-electron chi connectivity index (χ3n) is 4.55. The van der Waals surface area contributed by atoms with E-state index in [4.69, 9.17) is 4.74 Å². The van der Waals surface area contributed by atoms with Gasteiger partial charge in [-0.15, -0.1) is 24.0 Å². The molecule has 2 N–H and O–H groups in total. The zero-order valence-electron chi connectivity index (χ0n) is 16.6. The molecule has 0 aliphatic heterocycles. The minimum atomic E-state index is -0.707. The maximum Gasteiger partial charge on any atom is 0.191 e. The molecule has 0 saturated heterocycles. The van der Waals surface area contributed by atoms with Crippen LogP contribution in [0.5, 0.6) is 5.75 Å². The van der Waals surface area contributed by atoms with Crippen LogP contribution in [0.25, 0.3) is 0 Å². The van der Waals surface area contributed by atoms with E-state index in [-0.39, 0.29) is 30.1 Å². The molecule has 1 aromatic carbocycles. The molecule has 154 valence electrons. The number of nitrogens with zero attached hydrogens (tertiary/aromatic N) is 1. The highest BCUT2D eigenvalue weighted by atomic mass is 127. The summed E-state index contributed by atoms with van der Waals surface area (Å²) < 4.78 is 18.0. The van der Waals surface area contributed by atoms with E-state index in [9.17, 15) is 4.21 Å². The Morgan fingerprint density at radius 1 is 1.30 bits per heavy atom. The summed E-state index contributed by atoms with van der Waals surface area (Å²) in [6, 6.07) is 10.2. The number of benzene rings is 1. The summed E-state index contributed by atoms with van der Waals surface area (Å²) in [6.07, 6.45) is 4.27. The maximum atomic E-state index is 12.1. The molecule has 1 saturated carbocycles. The van der Waals surface area contributed by atoms with Gasteiger partial charge in [0.2, 0.25) is 0 Å². The van der Waals surface area contributed by atoms with E-state index >= 15 is 0 Å². The average molecular weight is 507 g/mol. The quantitative estimate of drug-likeness (QED) is 0.320. The lowest BCUT2D eigenvalue weighted by Gasteiger charge is -2.30. The molecule has 27 heavy (non-hydrogen) atoms. The summed E-state index contributed by atoms with van der Waals surface area (Å²) >= 11 is 0. The first-order chi connectivity index (χ1) is 12.6. The zero-order valence-corrected chi connectivity index (χ0v) is 19.8. The van der Waals surface area contributed by atoms with Crippen molar-refractivity contribution in [3.63, 3.8) is 0 Å². The largest absolute Gasteiger partial charge is 0.489 e. The van der Waals surface area contributed by atoms with Crippen LogP contribution in [0.3, 0.4) is 0 Å². The second kappa shape index (κ2) is 13.4. The summed E-state index contributed by atoms with van der Waals surface area (Å²) in [6.45, 7) is 7.50. The average Bonchev–Trinajstić information content (AvgIpc) is 2.66. The van der Waals surface area contributed by atoms with Crippen molar-refractivity contribution in [3.8, 4) is 5.75 Å². The van der Waals surface area contributed by atoms with Gasteiger partial charge in [-0.05, 0) is 45.2 Å². The van der Waals surface area contributed by atoms with Gasteiger partial charge in [-0.1, -0.05) is 31.5 Å². The Hall–Kier alpha value is -0.830. The lowest BCUT2D eigenvalue weighted by atomic mass is 9.95. The van der Waals surface area contributed by atoms with E-state index in [2.05, 4.69) is 22.5 Å². The monoisotopic (exact) mass is 507 g/mol. The highest BCUT2D eigenvalue weighted by Gasteiger charge is 2.26. The summed E-state index contributed by atoms with van der Waals surface area (Å²) in [7, 11) is -0.707. The molecular weight excluding hydrogens is 473 g/mol. The van der Waals surface area contributed by atoms with Crippen LogP contribution < -0.4 is 15.4 Å². The van der Waals surface area contributed by atoms with Crippen molar-refractivity contribution in [1.82, 2.24) is 10.6 Å². The second-order valence-electron chi connectivity index (χ2n) is 6.76. The van der Waals surface area contributed by atoms with Gasteiger partial charge in [-0.2, -0.15) is 0 Å². The van der Waals surface area contributed by atoms with E-state index in [1.807, 2.05) is 44.2 Å². The Bertz CT molecular complexity index is 586. The zero-order chi connectivity index (χ0) is 18.8. The van der Waals surface area contributed by atoms with Gasteiger partial charge in [0, 0.05) is 34.4 Å². The van der Waals surface area contributed by atoms with Gasteiger partial charge < -0.3 is 15.4 Å². The molecule has 0 spiro atoms. The van der Waals surface area contributed by atoms with Gasteiger partial charge in [0.1, 0.15) is 11.9 Å². The summed E-state index contributed by atoms with van der Waals surface area (Å²) in [5.74, 6) is 2.44. The number of aliphatic imine (C=N–C) groups is 1. The molecule has 1 fully saturated rings. The van der Waals surface area contributed by atoms with Crippen LogP contribution in [0.1, 0.15) is 46.5 Å². The Morgan fingerprint density at radius 2 is 2.04 bits per heavy atom. The van der Waals surface area contributed by atoms with Gasteiger partial charge >= 0.3 is 0 Å². The van der Waals surface area contributed by atoms with E-state index in [0.29, 0.717) is 17.8 Å². The van der Waals surface area contributed by atoms with Crippen molar-refractivity contribution >= 4 is 40.7 Å². The maximum absolute atomic E-state index is 12.1. The van der Waals surface area contributed by atoms with Crippen LogP contribution in [-0.4, -0.2) is 46.4 Å². The van der Waals surface area contributed by atoms with Crippen molar-refractivity contribution < 1.29 is 8.95 Å². The van der Waals surface area contributed by atoms with Gasteiger partial charge in [-0.3, -0.25) is 4.21 Å². The minimum Gasteiger partial charge on any atom is -0.489 e. The Morgan fingerprint density at radius 3 is 2.70 bits per heavy atom. The fourth-order valence-corrected chi connectivity index (χ4v) is 4.60. The predicted molar refractivity (Wildman–Crippen MR) is 126 cm³/mol. The molecule has 0 aromatic heterocycles. The molecule has 0 radical (unpaired) electrons. The fraction of sp³-hybridized carbons (Fsp3) is 0.650. The van der Waals surface area contributed by atoms with Crippen molar-refractivity contribution in [3.05, 3.63) is 30.3 Å². The van der Waals surface area contributed by atoms with Crippen molar-refractivity contribution in [2.75, 3.05) is 18.8 Å². The van der Waals surface area contributed by atoms with Crippen LogP contribution in [0.4, 0.5) is 0 Å². The van der Waals surface area contributed by atoms with Crippen LogP contribution in [0, 0.1) is 0 Å². The minimum absolute atomic E-state index is 0. The van der Waals surface area contributed by atoms with E-state index in [1.165, 1.54) is 0 Å². The van der Waals surface area contributed by atoms with Crippen molar-refractivity contribution in [2.45, 2.75) is 63.9 Å². The number of hydrogen-bond donors (Lipinski definition) is 2. The summed E-state index contributed by atoms with van der Waals surface area (Å²) in [5, 5.41) is 7.16. The number of halogens is 1. The molecule has 1 aromatic rings. The molecule has 0 amide bonds. The molecule has 0 bridgehead atoms. The van der Waals surface area contributed by atoms with Crippen molar-refractivity contribution in [2.24, 2.45) is 4.99 Å². The molecular formula is C20H34IN3O2S. The molecule has 7 heteroatoms. The van der Waals surface area contributed by atoms with Crippen molar-refractivity contribution in [1.29, 1.82) is 0 Å². The number of guanidine groups is 1. The van der Waals surface area contributed by atoms with E-state index < -0.39 is 10.8 Å². The first-order valence-corrected chi connectivity index (χ1v) is 11.1. The van der Waals surface area contributed by atoms with Crippen LogP contribution in [0.2, 0.25) is 0 Å². The first kappa shape index (κ1) is 24.2. The normalized spacial score (nSPS) is 22.3. The van der Waals surface area contributed by atoms with Gasteiger partial charge in [0.25, 0.3) is 0 Å². The van der Waals surface area contributed by atoms with Crippen LogP contribution >= 0.6 is 24.0 Å². The molecule has 4 unspecified atom stereocenters. The second-order valence-corrected chi connectivity index (χ2v) is 8.77. The predicted octanol–water partition coefficient (Wildman–Crippen LogP) is 3.71. The number of hydrogen-bond acceptors (Lipinski definition) is 3. The SMILES string of the molecule is CCNC(=NCC(C)Oc1ccccc1)NC1CCCC(S(=O)CC)C1.I. The van der Waals surface area contributed by atoms with Gasteiger partial charge in [0.05, 0.1) is 6.54 Å². The van der Waals surface area contributed by atoms with Gasteiger partial charge in [-0.25, -0.2) is 4.99 Å². The summed E-state index contributed by atoms with van der Waals surface area (Å²) in [4.78, 5) is 4.69. The third-order valence-corrected chi connectivity index (χ3v) is 6.30. The highest BCUT2D eigenvalue weighted by Crippen LogP contribution is 2.23. The molecule has 5 nitrogen and oxygen atoms in total. The lowest BCUT2D eigenvalue weighted by Crippen LogP contribution is -2.47. The number of rotatable bonds is 8. The van der Waals surface area contributed by atoms with E-state index in [1.54, 1.807) is 0 Å². The van der Waals surface area contributed by atoms with E-state index in [0.717, 1.165) is 49.7 Å².